The number of ether oxygens (including phenoxy) is 2. The van der Waals surface area contributed by atoms with Gasteiger partial charge in [-0.2, -0.15) is 5.26 Å². The number of carbonyl (C=O) groups excluding carboxylic acids is 3. The number of carboxylic acids is 1. The number of benzene rings is 7. The number of carbonyl (C=O) groups is 4. The van der Waals surface area contributed by atoms with E-state index in [0.717, 1.165) is 22.1 Å². The van der Waals surface area contributed by atoms with Gasteiger partial charge in [0.1, 0.15) is 30.2 Å². The first kappa shape index (κ1) is 42.6. The molecule has 0 fully saturated rings. The molecule has 2 aliphatic rings. The van der Waals surface area contributed by atoms with Crippen LogP contribution in [0.25, 0.3) is 21.9 Å². The van der Waals surface area contributed by atoms with Crippen LogP contribution in [0, 0.1) is 11.3 Å². The minimum Gasteiger partial charge on any atom is -0.489 e. The molecule has 0 spiro atoms. The van der Waals surface area contributed by atoms with Crippen LogP contribution < -0.4 is 20.1 Å². The van der Waals surface area contributed by atoms with Crippen molar-refractivity contribution in [2.24, 2.45) is 0 Å². The van der Waals surface area contributed by atoms with E-state index in [2.05, 4.69) is 16.7 Å². The van der Waals surface area contributed by atoms with E-state index in [1.165, 1.54) is 4.90 Å². The smallest absolute Gasteiger partial charge is 0.326 e. The average Bonchev–Trinajstić information content (AvgIpc) is 3.33. The van der Waals surface area contributed by atoms with Crippen LogP contribution in [0.5, 0.6) is 11.5 Å². The molecule has 0 radical (unpaired) electrons. The Hall–Kier alpha value is -7.65. The summed E-state index contributed by atoms with van der Waals surface area (Å²) in [5, 5.41) is 27.7. The number of fused-ring (bicyclic) bond motifs is 3. The maximum absolute atomic E-state index is 14.7. The van der Waals surface area contributed by atoms with Gasteiger partial charge in [0, 0.05) is 30.5 Å². The zero-order valence-corrected chi connectivity index (χ0v) is 36.0. The van der Waals surface area contributed by atoms with E-state index >= 15 is 0 Å². The molecule has 3 atom stereocenters. The van der Waals surface area contributed by atoms with E-state index < -0.39 is 41.9 Å². The average molecular weight is 902 g/mol. The summed E-state index contributed by atoms with van der Waals surface area (Å²) in [6.07, 6.45) is -0.957. The van der Waals surface area contributed by atoms with Crippen LogP contribution in [0.4, 0.5) is 5.69 Å². The van der Waals surface area contributed by atoms with Crippen LogP contribution >= 0.6 is 23.2 Å². The molecule has 322 valence electrons. The Bertz CT molecular complexity index is 3040. The number of aliphatic carboxylic acids is 1. The van der Waals surface area contributed by atoms with E-state index in [9.17, 15) is 24.3 Å². The highest BCUT2D eigenvalue weighted by Crippen LogP contribution is 2.40. The van der Waals surface area contributed by atoms with Crippen molar-refractivity contribution in [1.82, 2.24) is 10.2 Å². The molecule has 2 aliphatic heterocycles. The van der Waals surface area contributed by atoms with E-state index in [0.29, 0.717) is 66.0 Å². The largest absolute Gasteiger partial charge is 0.489 e. The number of hydrogen-bond acceptors (Lipinski definition) is 7. The fourth-order valence-corrected chi connectivity index (χ4v) is 8.55. The van der Waals surface area contributed by atoms with Gasteiger partial charge in [-0.25, -0.2) is 4.79 Å². The highest BCUT2D eigenvalue weighted by molar-refractivity contribution is 6.42. The summed E-state index contributed by atoms with van der Waals surface area (Å²) in [7, 11) is 0. The Labute approximate surface area is 383 Å². The van der Waals surface area contributed by atoms with Gasteiger partial charge in [-0.15, -0.1) is 0 Å². The maximum atomic E-state index is 14.7. The molecule has 0 bridgehead atoms. The predicted molar refractivity (Wildman–Crippen MR) is 247 cm³/mol. The monoisotopic (exact) mass is 900 g/mol. The second kappa shape index (κ2) is 18.2. The Kier molecular flexibility index (Phi) is 12.0. The highest BCUT2D eigenvalue weighted by atomic mass is 35.5. The number of nitrogens with zero attached hydrogens (tertiary/aromatic N) is 2. The number of hydrogen-bond donors (Lipinski definition) is 3. The lowest BCUT2D eigenvalue weighted by Crippen LogP contribution is -2.56. The predicted octanol–water partition coefficient (Wildman–Crippen LogP) is 9.72. The third-order valence-corrected chi connectivity index (χ3v) is 12.4. The molecule has 0 saturated heterocycles. The van der Waals surface area contributed by atoms with Gasteiger partial charge in [0.05, 0.1) is 27.4 Å². The minimum absolute atomic E-state index is 0.00411. The second-order valence-corrected chi connectivity index (χ2v) is 16.7. The number of halogens is 2. The summed E-state index contributed by atoms with van der Waals surface area (Å²) >= 11 is 12.2. The maximum Gasteiger partial charge on any atom is 0.326 e. The van der Waals surface area contributed by atoms with Gasteiger partial charge in [-0.1, -0.05) is 114 Å². The Balaban J connectivity index is 0.958. The number of carboxylic acid groups (broad SMARTS) is 1. The molecule has 7 aromatic carbocycles. The fraction of sp³-hybridized carbons (Fsp3) is 0.135. The molecule has 11 nitrogen and oxygen atoms in total. The van der Waals surface area contributed by atoms with Gasteiger partial charge < -0.3 is 30.1 Å². The SMILES string of the molecule is N#Cc1ccc(-c2ccc(CC(NC(=O)C3Cc4cc5c(cc4CN3C(=O)c3cccc4ccccc34)OC(c3ccc(OCc4ccc(Cl)c(Cl)c4)cc3)C(=O)N5)C(=O)O)cc2)cc1. The molecule has 0 aromatic heterocycles. The standard InChI is InChI=1S/C52H38Cl2N4O7/c53-42-21-12-32(22-43(42)54)29-64-39-19-17-36(18-20-39)48-50(60)56-44-24-37-25-46(58(28-38(37)26-47(44)65-48)51(61)41-7-3-5-35-4-1-2-6-40(35)41)49(59)57-45(52(62)63)23-30-8-13-33(14-9-30)34-15-10-31(27-55)11-16-34/h1-22,24,26,45-46,48H,23,25,28-29H2,(H,56,60)(H,57,59)(H,62,63). The molecule has 7 aromatic rings. The third-order valence-electron chi connectivity index (χ3n) is 11.7. The minimum atomic E-state index is -1.31. The zero-order valence-electron chi connectivity index (χ0n) is 34.5. The van der Waals surface area contributed by atoms with E-state index in [4.69, 9.17) is 37.9 Å². The molecule has 9 rings (SSSR count). The number of nitriles is 1. The first-order valence-corrected chi connectivity index (χ1v) is 21.5. The van der Waals surface area contributed by atoms with Crippen molar-refractivity contribution >= 4 is 63.4 Å². The van der Waals surface area contributed by atoms with Gasteiger partial charge in [-0.05, 0) is 98.8 Å². The van der Waals surface area contributed by atoms with Crippen LogP contribution in [0.2, 0.25) is 10.0 Å². The van der Waals surface area contributed by atoms with Crippen LogP contribution in [0.15, 0.2) is 146 Å². The van der Waals surface area contributed by atoms with Gasteiger partial charge in [0.2, 0.25) is 12.0 Å². The van der Waals surface area contributed by atoms with Crippen molar-refractivity contribution in [3.63, 3.8) is 0 Å². The van der Waals surface area contributed by atoms with Crippen molar-refractivity contribution < 1.29 is 33.8 Å². The highest BCUT2D eigenvalue weighted by Gasteiger charge is 2.39. The Morgan fingerprint density at radius 3 is 2.26 bits per heavy atom. The van der Waals surface area contributed by atoms with Gasteiger partial charge in [-0.3, -0.25) is 14.4 Å². The molecule has 13 heteroatoms. The number of nitrogens with one attached hydrogen (secondary N) is 2. The van der Waals surface area contributed by atoms with Gasteiger partial charge in [0.15, 0.2) is 0 Å². The summed E-state index contributed by atoms with van der Waals surface area (Å²) in [6, 6.07) is 42.9. The van der Waals surface area contributed by atoms with Crippen LogP contribution in [0.3, 0.4) is 0 Å². The molecule has 3 unspecified atom stereocenters. The van der Waals surface area contributed by atoms with Crippen molar-refractivity contribution in [3.05, 3.63) is 195 Å². The van der Waals surface area contributed by atoms with Crippen molar-refractivity contribution in [2.45, 2.75) is 44.2 Å². The molecule has 0 aliphatic carbocycles. The van der Waals surface area contributed by atoms with E-state index in [1.807, 2.05) is 60.7 Å². The zero-order chi connectivity index (χ0) is 45.2. The molecule has 3 N–H and O–H groups in total. The molecule has 0 saturated carbocycles. The molecular weight excluding hydrogens is 863 g/mol. The van der Waals surface area contributed by atoms with Crippen molar-refractivity contribution in [3.8, 4) is 28.7 Å². The molecule has 2 heterocycles. The topological polar surface area (TPSA) is 158 Å². The van der Waals surface area contributed by atoms with E-state index in [-0.39, 0.29) is 26.0 Å². The first-order chi connectivity index (χ1) is 31.5. The number of rotatable bonds is 11. The number of anilines is 1. The van der Waals surface area contributed by atoms with Crippen LogP contribution in [-0.2, 0) is 40.4 Å². The summed E-state index contributed by atoms with van der Waals surface area (Å²) in [4.78, 5) is 56.8. The number of amides is 3. The summed E-state index contributed by atoms with van der Waals surface area (Å²) in [6.45, 7) is 0.263. The van der Waals surface area contributed by atoms with Crippen molar-refractivity contribution in [1.29, 1.82) is 5.26 Å². The molecule has 3 amide bonds. The Morgan fingerprint density at radius 2 is 1.54 bits per heavy atom. The summed E-state index contributed by atoms with van der Waals surface area (Å²) in [5.74, 6) is -1.69. The van der Waals surface area contributed by atoms with Gasteiger partial charge in [0.25, 0.3) is 11.8 Å². The fourth-order valence-electron chi connectivity index (χ4n) is 8.23. The lowest BCUT2D eigenvalue weighted by Gasteiger charge is -2.38. The third kappa shape index (κ3) is 9.09. The lowest BCUT2D eigenvalue weighted by molar-refractivity contribution is -0.142. The molecular formula is C52H38Cl2N4O7. The van der Waals surface area contributed by atoms with Crippen molar-refractivity contribution in [2.75, 3.05) is 5.32 Å². The normalized spacial score (nSPS) is 15.6. The summed E-state index contributed by atoms with van der Waals surface area (Å²) < 4.78 is 12.3. The Morgan fingerprint density at radius 1 is 0.831 bits per heavy atom. The molecule has 65 heavy (non-hydrogen) atoms. The van der Waals surface area contributed by atoms with Crippen LogP contribution in [0.1, 0.15) is 49.8 Å². The van der Waals surface area contributed by atoms with E-state index in [1.54, 1.807) is 84.9 Å². The quantitative estimate of drug-likeness (QED) is 0.116. The summed E-state index contributed by atoms with van der Waals surface area (Å²) in [5.41, 5.74) is 6.64. The van der Waals surface area contributed by atoms with Gasteiger partial charge >= 0.3 is 5.97 Å². The second-order valence-electron chi connectivity index (χ2n) is 15.9. The first-order valence-electron chi connectivity index (χ1n) is 20.7. The lowest BCUT2D eigenvalue weighted by atomic mass is 9.90. The van der Waals surface area contributed by atoms with Crippen LogP contribution in [-0.4, -0.2) is 45.8 Å².